The third-order valence-electron chi connectivity index (χ3n) is 4.18. The molecule has 0 bridgehead atoms. The Kier molecular flexibility index (Phi) is 6.94. The molecule has 0 saturated carbocycles. The zero-order chi connectivity index (χ0) is 19.3. The van der Waals surface area contributed by atoms with Gasteiger partial charge in [-0.25, -0.2) is 8.42 Å². The lowest BCUT2D eigenvalue weighted by Crippen LogP contribution is -2.44. The van der Waals surface area contributed by atoms with Gasteiger partial charge >= 0.3 is 5.97 Å². The van der Waals surface area contributed by atoms with Gasteiger partial charge in [0.25, 0.3) is 5.91 Å². The molecule has 2 atom stereocenters. The fraction of sp³-hybridized carbons (Fsp3) is 0.529. The van der Waals surface area contributed by atoms with Gasteiger partial charge in [0.15, 0.2) is 15.9 Å². The van der Waals surface area contributed by atoms with Crippen LogP contribution in [0.2, 0.25) is 0 Å². The zero-order valence-corrected chi connectivity index (χ0v) is 16.6. The molecule has 1 amide bonds. The molecule has 1 aliphatic heterocycles. The van der Waals surface area contributed by atoms with E-state index in [9.17, 15) is 18.0 Å². The van der Waals surface area contributed by atoms with Gasteiger partial charge in [0.2, 0.25) is 0 Å². The summed E-state index contributed by atoms with van der Waals surface area (Å²) >= 11 is 1.30. The summed E-state index contributed by atoms with van der Waals surface area (Å²) in [5, 5.41) is 0. The Labute approximate surface area is 157 Å². The molecule has 0 aliphatic carbocycles. The monoisotopic (exact) mass is 401 g/mol. The van der Waals surface area contributed by atoms with Crippen molar-refractivity contribution in [3.63, 3.8) is 0 Å². The van der Waals surface area contributed by atoms with Crippen LogP contribution in [0, 0.1) is 0 Å². The Morgan fingerprint density at radius 3 is 2.50 bits per heavy atom. The summed E-state index contributed by atoms with van der Waals surface area (Å²) in [6.45, 7) is 1.50. The van der Waals surface area contributed by atoms with Gasteiger partial charge < -0.3 is 14.4 Å². The van der Waals surface area contributed by atoms with E-state index in [1.807, 2.05) is 12.1 Å². The molecule has 1 saturated heterocycles. The number of nitrogens with zero attached hydrogens (tertiary/aromatic N) is 1. The summed E-state index contributed by atoms with van der Waals surface area (Å²) in [6, 6.07) is 6.90. The highest BCUT2D eigenvalue weighted by Crippen LogP contribution is 2.22. The summed E-state index contributed by atoms with van der Waals surface area (Å²) < 4.78 is 33.3. The Morgan fingerprint density at radius 2 is 1.96 bits per heavy atom. The molecule has 0 spiro atoms. The van der Waals surface area contributed by atoms with Crippen LogP contribution < -0.4 is 4.74 Å². The minimum atomic E-state index is -3.08. The van der Waals surface area contributed by atoms with Crippen molar-refractivity contribution in [3.8, 4) is 5.75 Å². The highest BCUT2D eigenvalue weighted by Gasteiger charge is 2.34. The van der Waals surface area contributed by atoms with Crippen LogP contribution in [0.4, 0.5) is 0 Å². The molecule has 1 fully saturated rings. The van der Waals surface area contributed by atoms with Crippen molar-refractivity contribution in [1.29, 1.82) is 0 Å². The molecule has 9 heteroatoms. The summed E-state index contributed by atoms with van der Waals surface area (Å²) in [5.74, 6) is -0.0430. The Morgan fingerprint density at radius 1 is 1.31 bits per heavy atom. The summed E-state index contributed by atoms with van der Waals surface area (Å²) in [6.07, 6.45) is -0.536. The fourth-order valence-electron chi connectivity index (χ4n) is 2.64. The van der Waals surface area contributed by atoms with E-state index in [0.717, 1.165) is 10.6 Å². The number of thioether (sulfide) groups is 1. The van der Waals surface area contributed by atoms with Crippen LogP contribution in [0.25, 0.3) is 0 Å². The van der Waals surface area contributed by atoms with Crippen LogP contribution in [0.5, 0.6) is 5.75 Å². The van der Waals surface area contributed by atoms with Crippen LogP contribution in [0.15, 0.2) is 29.2 Å². The predicted octanol–water partition coefficient (Wildman–Crippen LogP) is 1.36. The number of carbonyl (C=O) groups is 2. The number of sulfone groups is 1. The number of hydrogen-bond donors (Lipinski definition) is 0. The van der Waals surface area contributed by atoms with Crippen molar-refractivity contribution in [2.45, 2.75) is 30.4 Å². The van der Waals surface area contributed by atoms with Gasteiger partial charge in [-0.2, -0.15) is 0 Å². The van der Waals surface area contributed by atoms with E-state index in [1.165, 1.54) is 23.6 Å². The minimum absolute atomic E-state index is 0.0385. The molecule has 0 unspecified atom stereocenters. The van der Waals surface area contributed by atoms with E-state index < -0.39 is 27.8 Å². The first-order valence-corrected chi connectivity index (χ1v) is 11.0. The normalized spacial score (nSPS) is 19.6. The lowest BCUT2D eigenvalue weighted by molar-refractivity contribution is -0.157. The van der Waals surface area contributed by atoms with Gasteiger partial charge in [0, 0.05) is 18.0 Å². The minimum Gasteiger partial charge on any atom is -0.497 e. The van der Waals surface area contributed by atoms with Gasteiger partial charge in [0.1, 0.15) is 5.75 Å². The molecule has 2 rings (SSSR count). The standard InChI is InChI=1S/C17H23NO6S2/c1-12(17(20)18(2)13-8-9-26(21,22)11-13)24-16(19)10-25-15-6-4-14(23-3)5-7-15/h4-7,12-13H,8-11H2,1-3H3/t12-,13+/m0/s1. The Bertz CT molecular complexity index is 747. The second-order valence-corrected chi connectivity index (χ2v) is 9.38. The zero-order valence-electron chi connectivity index (χ0n) is 15.0. The van der Waals surface area contributed by atoms with E-state index in [1.54, 1.807) is 26.3 Å². The number of esters is 1. The number of rotatable bonds is 7. The lowest BCUT2D eigenvalue weighted by Gasteiger charge is -2.26. The molecular formula is C17H23NO6S2. The first kappa shape index (κ1) is 20.6. The van der Waals surface area contributed by atoms with E-state index in [0.29, 0.717) is 6.42 Å². The number of ether oxygens (including phenoxy) is 2. The topological polar surface area (TPSA) is 90.0 Å². The van der Waals surface area contributed by atoms with Crippen LogP contribution in [0.3, 0.4) is 0 Å². The number of methoxy groups -OCH3 is 1. The molecule has 0 N–H and O–H groups in total. The molecule has 0 radical (unpaired) electrons. The highest BCUT2D eigenvalue weighted by molar-refractivity contribution is 8.00. The second kappa shape index (κ2) is 8.77. The first-order valence-electron chi connectivity index (χ1n) is 8.15. The van der Waals surface area contributed by atoms with E-state index >= 15 is 0 Å². The number of carbonyl (C=O) groups excluding carboxylic acids is 2. The van der Waals surface area contributed by atoms with Gasteiger partial charge in [-0.15, -0.1) is 11.8 Å². The first-order chi connectivity index (χ1) is 12.2. The number of hydrogen-bond acceptors (Lipinski definition) is 7. The second-order valence-electron chi connectivity index (χ2n) is 6.10. The van der Waals surface area contributed by atoms with E-state index in [-0.39, 0.29) is 23.3 Å². The molecule has 1 heterocycles. The average Bonchev–Trinajstić information content (AvgIpc) is 2.98. The lowest BCUT2D eigenvalue weighted by atomic mass is 10.2. The van der Waals surface area contributed by atoms with Crippen LogP contribution in [-0.4, -0.2) is 68.8 Å². The van der Waals surface area contributed by atoms with Crippen molar-refractivity contribution in [3.05, 3.63) is 24.3 Å². The summed E-state index contributed by atoms with van der Waals surface area (Å²) in [4.78, 5) is 26.6. The van der Waals surface area contributed by atoms with Gasteiger partial charge in [-0.05, 0) is 37.6 Å². The molecular weight excluding hydrogens is 378 g/mol. The Balaban J connectivity index is 1.80. The highest BCUT2D eigenvalue weighted by atomic mass is 32.2. The van der Waals surface area contributed by atoms with Gasteiger partial charge in [-0.1, -0.05) is 0 Å². The van der Waals surface area contributed by atoms with Crippen molar-refractivity contribution in [1.82, 2.24) is 4.90 Å². The van der Waals surface area contributed by atoms with E-state index in [2.05, 4.69) is 0 Å². The van der Waals surface area contributed by atoms with Crippen molar-refractivity contribution < 1.29 is 27.5 Å². The third-order valence-corrected chi connectivity index (χ3v) is 6.91. The van der Waals surface area contributed by atoms with E-state index in [4.69, 9.17) is 9.47 Å². The number of amides is 1. The molecule has 7 nitrogen and oxygen atoms in total. The predicted molar refractivity (Wildman–Crippen MR) is 99.1 cm³/mol. The summed E-state index contributed by atoms with van der Waals surface area (Å²) in [7, 11) is 0.0442. The molecule has 26 heavy (non-hydrogen) atoms. The van der Waals surface area contributed by atoms with Gasteiger partial charge in [-0.3, -0.25) is 9.59 Å². The maximum absolute atomic E-state index is 12.4. The molecule has 1 aromatic carbocycles. The van der Waals surface area contributed by atoms with Crippen LogP contribution >= 0.6 is 11.8 Å². The number of benzene rings is 1. The van der Waals surface area contributed by atoms with Crippen molar-refractivity contribution in [2.75, 3.05) is 31.4 Å². The maximum Gasteiger partial charge on any atom is 0.317 e. The van der Waals surface area contributed by atoms with Crippen LogP contribution in [-0.2, 0) is 24.2 Å². The summed E-state index contributed by atoms with van der Waals surface area (Å²) in [5.41, 5.74) is 0. The SMILES string of the molecule is COc1ccc(SCC(=O)O[C@@H](C)C(=O)N(C)[C@@H]2CCS(=O)(=O)C2)cc1. The van der Waals surface area contributed by atoms with Crippen molar-refractivity contribution >= 4 is 33.5 Å². The maximum atomic E-state index is 12.4. The van der Waals surface area contributed by atoms with Crippen molar-refractivity contribution in [2.24, 2.45) is 0 Å². The molecule has 0 aromatic heterocycles. The Hall–Kier alpha value is -1.74. The third kappa shape index (κ3) is 5.63. The molecule has 144 valence electrons. The number of likely N-dealkylation sites (N-methyl/N-ethyl adjacent to an activating group) is 1. The van der Waals surface area contributed by atoms with Crippen LogP contribution in [0.1, 0.15) is 13.3 Å². The molecule has 1 aromatic rings. The largest absolute Gasteiger partial charge is 0.497 e. The quantitative estimate of drug-likeness (QED) is 0.503. The average molecular weight is 402 g/mol. The smallest absolute Gasteiger partial charge is 0.317 e. The van der Waals surface area contributed by atoms with Gasteiger partial charge in [0.05, 0.1) is 24.4 Å². The molecule has 1 aliphatic rings. The fourth-order valence-corrected chi connectivity index (χ4v) is 5.10.